The maximum absolute atomic E-state index is 13.3. The first-order valence-corrected chi connectivity index (χ1v) is 6.85. The summed E-state index contributed by atoms with van der Waals surface area (Å²) in [7, 11) is 0. The summed E-state index contributed by atoms with van der Waals surface area (Å²) < 4.78 is 14.4. The molecule has 0 fully saturated rings. The number of amides is 1. The first-order valence-electron chi connectivity index (χ1n) is 4.95. The van der Waals surface area contributed by atoms with Gasteiger partial charge in [-0.05, 0) is 29.4 Å². The van der Waals surface area contributed by atoms with Gasteiger partial charge in [-0.1, -0.05) is 40.3 Å². The molecule has 0 bridgehead atoms. The first kappa shape index (κ1) is 13.7. The van der Waals surface area contributed by atoms with Gasteiger partial charge in [0.15, 0.2) is 0 Å². The van der Waals surface area contributed by atoms with Gasteiger partial charge in [-0.2, -0.15) is 0 Å². The van der Waals surface area contributed by atoms with Crippen LogP contribution in [0, 0.1) is 5.82 Å². The third-order valence-corrected chi connectivity index (χ3v) is 3.11. The van der Waals surface area contributed by atoms with Gasteiger partial charge in [0.25, 0.3) is 5.91 Å². The summed E-state index contributed by atoms with van der Waals surface area (Å²) in [5.41, 5.74) is -0.0707. The maximum Gasteiger partial charge on any atom is 0.255 e. The van der Waals surface area contributed by atoms with Gasteiger partial charge in [0, 0.05) is 6.54 Å². The Bertz CT molecular complexity index is 353. The van der Waals surface area contributed by atoms with Crippen LogP contribution in [0.3, 0.4) is 0 Å². The first-order chi connectivity index (χ1) is 7.66. The molecule has 0 heterocycles. The molecule has 88 valence electrons. The normalized spacial score (nSPS) is 10.2. The lowest BCUT2D eigenvalue weighted by atomic mass is 10.2. The smallest absolute Gasteiger partial charge is 0.255 e. The van der Waals surface area contributed by atoms with E-state index < -0.39 is 11.7 Å². The second-order valence-corrected chi connectivity index (χ2v) is 4.73. The Hall–Kier alpha value is -0.360. The number of alkyl halides is 1. The Kier molecular flexibility index (Phi) is 6.05. The van der Waals surface area contributed by atoms with Gasteiger partial charge < -0.3 is 5.32 Å². The number of halogens is 3. The zero-order valence-electron chi connectivity index (χ0n) is 8.60. The molecule has 0 aliphatic carbocycles. The zero-order valence-corrected chi connectivity index (χ0v) is 11.5. The highest BCUT2D eigenvalue weighted by Gasteiger charge is 2.14. The van der Waals surface area contributed by atoms with Crippen molar-refractivity contribution in [3.05, 3.63) is 34.6 Å². The topological polar surface area (TPSA) is 29.1 Å². The molecule has 1 amide bonds. The standard InChI is InChI=1S/C11H12ClFINO/c12-8-4-3-5-9(13)10(8)11(16)15-7-2-1-6-14/h3-5H,1-2,6-7H2,(H,15,16). The molecule has 0 aliphatic heterocycles. The average Bonchev–Trinajstić information content (AvgIpc) is 2.24. The zero-order chi connectivity index (χ0) is 12.0. The molecule has 1 N–H and O–H groups in total. The fourth-order valence-electron chi connectivity index (χ4n) is 1.22. The number of benzene rings is 1. The molecule has 1 aromatic rings. The summed E-state index contributed by atoms with van der Waals surface area (Å²) in [6.45, 7) is 0.548. The highest BCUT2D eigenvalue weighted by molar-refractivity contribution is 14.1. The van der Waals surface area contributed by atoms with Crippen molar-refractivity contribution in [1.29, 1.82) is 0 Å². The molecule has 0 saturated carbocycles. The quantitative estimate of drug-likeness (QED) is 0.489. The average molecular weight is 356 g/mol. The molecule has 1 aromatic carbocycles. The van der Waals surface area contributed by atoms with Crippen molar-refractivity contribution >= 4 is 40.1 Å². The maximum atomic E-state index is 13.3. The van der Waals surface area contributed by atoms with Crippen molar-refractivity contribution in [2.24, 2.45) is 0 Å². The lowest BCUT2D eigenvalue weighted by Crippen LogP contribution is -2.25. The van der Waals surface area contributed by atoms with Crippen LogP contribution in [0.1, 0.15) is 23.2 Å². The minimum atomic E-state index is -0.584. The van der Waals surface area contributed by atoms with Crippen molar-refractivity contribution < 1.29 is 9.18 Å². The number of carbonyl (C=O) groups excluding carboxylic acids is 1. The predicted molar refractivity (Wildman–Crippen MR) is 71.9 cm³/mol. The van der Waals surface area contributed by atoms with Gasteiger partial charge in [0.2, 0.25) is 0 Å². The number of rotatable bonds is 5. The van der Waals surface area contributed by atoms with Gasteiger partial charge >= 0.3 is 0 Å². The largest absolute Gasteiger partial charge is 0.352 e. The van der Waals surface area contributed by atoms with E-state index in [1.54, 1.807) is 0 Å². The SMILES string of the molecule is O=C(NCCCCI)c1c(F)cccc1Cl. The Morgan fingerprint density at radius 1 is 1.44 bits per heavy atom. The van der Waals surface area contributed by atoms with E-state index in [0.717, 1.165) is 17.3 Å². The molecule has 0 unspecified atom stereocenters. The number of carbonyl (C=O) groups is 1. The van der Waals surface area contributed by atoms with Crippen molar-refractivity contribution in [1.82, 2.24) is 5.32 Å². The summed E-state index contributed by atoms with van der Waals surface area (Å²) >= 11 is 8.04. The van der Waals surface area contributed by atoms with E-state index in [1.165, 1.54) is 18.2 Å². The van der Waals surface area contributed by atoms with Gasteiger partial charge in [-0.3, -0.25) is 4.79 Å². The van der Waals surface area contributed by atoms with Crippen molar-refractivity contribution in [2.75, 3.05) is 11.0 Å². The summed E-state index contributed by atoms with van der Waals surface area (Å²) in [6, 6.07) is 4.21. The molecule has 0 spiro atoms. The number of hydrogen-bond acceptors (Lipinski definition) is 1. The van der Waals surface area contributed by atoms with Crippen LogP contribution >= 0.6 is 34.2 Å². The minimum absolute atomic E-state index is 0.0707. The van der Waals surface area contributed by atoms with E-state index in [4.69, 9.17) is 11.6 Å². The molecule has 0 aliphatic rings. The fourth-order valence-corrected chi connectivity index (χ4v) is 2.01. The van der Waals surface area contributed by atoms with Crippen LogP contribution in [-0.2, 0) is 0 Å². The Labute approximate surface area is 113 Å². The lowest BCUT2D eigenvalue weighted by molar-refractivity contribution is 0.0949. The van der Waals surface area contributed by atoms with Crippen LogP contribution in [0.25, 0.3) is 0 Å². The van der Waals surface area contributed by atoms with Gasteiger partial charge in [0.05, 0.1) is 10.6 Å². The highest BCUT2D eigenvalue weighted by Crippen LogP contribution is 2.18. The minimum Gasteiger partial charge on any atom is -0.352 e. The Morgan fingerprint density at radius 2 is 2.19 bits per heavy atom. The molecule has 0 radical (unpaired) electrons. The molecule has 1 rings (SSSR count). The molecular weight excluding hydrogens is 343 g/mol. The number of hydrogen-bond donors (Lipinski definition) is 1. The van der Waals surface area contributed by atoms with E-state index >= 15 is 0 Å². The van der Waals surface area contributed by atoms with E-state index in [0.29, 0.717) is 6.54 Å². The van der Waals surface area contributed by atoms with Crippen LogP contribution < -0.4 is 5.32 Å². The third kappa shape index (κ3) is 3.90. The van der Waals surface area contributed by atoms with Gasteiger partial charge in [0.1, 0.15) is 5.82 Å². The van der Waals surface area contributed by atoms with E-state index in [9.17, 15) is 9.18 Å². The summed E-state index contributed by atoms with van der Waals surface area (Å²) in [6.07, 6.45) is 1.92. The van der Waals surface area contributed by atoms with Crippen LogP contribution in [0.15, 0.2) is 18.2 Å². The Morgan fingerprint density at radius 3 is 2.81 bits per heavy atom. The molecule has 5 heteroatoms. The monoisotopic (exact) mass is 355 g/mol. The lowest BCUT2D eigenvalue weighted by Gasteiger charge is -2.06. The van der Waals surface area contributed by atoms with Gasteiger partial charge in [-0.25, -0.2) is 4.39 Å². The van der Waals surface area contributed by atoms with Crippen molar-refractivity contribution in [3.8, 4) is 0 Å². The van der Waals surface area contributed by atoms with E-state index in [1.807, 2.05) is 0 Å². The predicted octanol–water partition coefficient (Wildman–Crippen LogP) is 3.42. The molecule has 0 atom stereocenters. The molecule has 0 saturated heterocycles. The summed E-state index contributed by atoms with van der Waals surface area (Å²) in [4.78, 5) is 11.6. The highest BCUT2D eigenvalue weighted by atomic mass is 127. The Balaban J connectivity index is 2.59. The van der Waals surface area contributed by atoms with Crippen LogP contribution in [0.4, 0.5) is 4.39 Å². The second-order valence-electron chi connectivity index (χ2n) is 3.25. The van der Waals surface area contributed by atoms with Crippen LogP contribution in [0.2, 0.25) is 5.02 Å². The van der Waals surface area contributed by atoms with Crippen molar-refractivity contribution in [2.45, 2.75) is 12.8 Å². The molecule has 2 nitrogen and oxygen atoms in total. The van der Waals surface area contributed by atoms with Gasteiger partial charge in [-0.15, -0.1) is 0 Å². The van der Waals surface area contributed by atoms with Crippen LogP contribution in [0.5, 0.6) is 0 Å². The molecule has 0 aromatic heterocycles. The number of nitrogens with one attached hydrogen (secondary N) is 1. The van der Waals surface area contributed by atoms with Crippen molar-refractivity contribution in [3.63, 3.8) is 0 Å². The molecular formula is C11H12ClFINO. The summed E-state index contributed by atoms with van der Waals surface area (Å²) in [5, 5.41) is 2.79. The third-order valence-electron chi connectivity index (χ3n) is 2.04. The number of unbranched alkanes of at least 4 members (excludes halogenated alkanes) is 1. The second kappa shape index (κ2) is 7.06. The molecule has 16 heavy (non-hydrogen) atoms. The van der Waals surface area contributed by atoms with Crippen LogP contribution in [-0.4, -0.2) is 16.9 Å². The fraction of sp³-hybridized carbons (Fsp3) is 0.364. The van der Waals surface area contributed by atoms with E-state index in [-0.39, 0.29) is 10.6 Å². The van der Waals surface area contributed by atoms with E-state index in [2.05, 4.69) is 27.9 Å². The summed E-state index contributed by atoms with van der Waals surface area (Å²) in [5.74, 6) is -1.03.